The predicted octanol–water partition coefficient (Wildman–Crippen LogP) is 20.9. The quantitative estimate of drug-likeness (QED) is 0.0222. The van der Waals surface area contributed by atoms with Gasteiger partial charge in [-0.25, -0.2) is 9.13 Å². The molecular formula is C72H140O17P2. The third kappa shape index (κ3) is 65.1. The molecule has 0 aliphatic rings. The first-order valence-electron chi connectivity index (χ1n) is 37.7. The van der Waals surface area contributed by atoms with Gasteiger partial charge in [0.25, 0.3) is 0 Å². The molecule has 0 radical (unpaired) electrons. The van der Waals surface area contributed by atoms with Crippen LogP contribution in [0.3, 0.4) is 0 Å². The monoisotopic (exact) mass is 1340 g/mol. The maximum absolute atomic E-state index is 13.0. The van der Waals surface area contributed by atoms with Gasteiger partial charge in [-0.2, -0.15) is 0 Å². The van der Waals surface area contributed by atoms with Crippen LogP contribution in [0.15, 0.2) is 0 Å². The molecule has 91 heavy (non-hydrogen) atoms. The Morgan fingerprint density at radius 3 is 0.780 bits per heavy atom. The Labute approximate surface area is 556 Å². The number of phosphoric acid groups is 2. The van der Waals surface area contributed by atoms with Crippen molar-refractivity contribution in [3.63, 3.8) is 0 Å². The van der Waals surface area contributed by atoms with E-state index in [1.54, 1.807) is 0 Å². The van der Waals surface area contributed by atoms with Crippen LogP contribution in [-0.4, -0.2) is 96.7 Å². The average molecular weight is 1340 g/mol. The SMILES string of the molecule is CCCCCCCCCCCCCCCCCCCCCC(=O)O[C@H](COC(=O)CCCCCCCCCCCCC(C)CC)COP(=O)(O)OC[C@@H](O)COP(=O)(O)OC[C@@H](COC(=O)CCCCCCCCCC)OC(=O)CCCCCCCCCCCC. The molecule has 0 rings (SSSR count). The van der Waals surface area contributed by atoms with E-state index in [4.69, 9.17) is 37.0 Å². The number of phosphoric ester groups is 2. The molecule has 0 aromatic rings. The first-order valence-corrected chi connectivity index (χ1v) is 40.7. The highest BCUT2D eigenvalue weighted by Crippen LogP contribution is 2.45. The predicted molar refractivity (Wildman–Crippen MR) is 368 cm³/mol. The number of hydrogen-bond donors (Lipinski definition) is 3. The normalized spacial score (nSPS) is 14.3. The molecule has 0 heterocycles. The van der Waals surface area contributed by atoms with Crippen molar-refractivity contribution in [3.8, 4) is 0 Å². The third-order valence-corrected chi connectivity index (χ3v) is 19.0. The molecule has 0 saturated carbocycles. The van der Waals surface area contributed by atoms with Crippen LogP contribution in [0.1, 0.15) is 375 Å². The third-order valence-electron chi connectivity index (χ3n) is 17.1. The number of aliphatic hydroxyl groups excluding tert-OH is 1. The highest BCUT2D eigenvalue weighted by atomic mass is 31.2. The molecular weight excluding hydrogens is 1200 g/mol. The Morgan fingerprint density at radius 2 is 0.527 bits per heavy atom. The molecule has 0 fully saturated rings. The van der Waals surface area contributed by atoms with Crippen molar-refractivity contribution in [2.45, 2.75) is 393 Å². The number of esters is 4. The summed E-state index contributed by atoms with van der Waals surface area (Å²) >= 11 is 0. The summed E-state index contributed by atoms with van der Waals surface area (Å²) in [5, 5.41) is 10.6. The lowest BCUT2D eigenvalue weighted by atomic mass is 9.99. The molecule has 0 aromatic carbocycles. The van der Waals surface area contributed by atoms with Gasteiger partial charge in [0, 0.05) is 25.7 Å². The van der Waals surface area contributed by atoms with Crippen molar-refractivity contribution in [2.24, 2.45) is 5.92 Å². The van der Waals surface area contributed by atoms with E-state index in [0.29, 0.717) is 25.7 Å². The molecule has 0 aromatic heterocycles. The number of carbonyl (C=O) groups is 4. The number of hydrogen-bond acceptors (Lipinski definition) is 15. The number of unbranched alkanes of at least 4 members (excludes halogenated alkanes) is 43. The smallest absolute Gasteiger partial charge is 0.462 e. The Hall–Kier alpha value is -1.94. The summed E-state index contributed by atoms with van der Waals surface area (Å²) in [6.07, 6.45) is 52.7. The fourth-order valence-corrected chi connectivity index (χ4v) is 12.5. The van der Waals surface area contributed by atoms with Gasteiger partial charge < -0.3 is 33.8 Å². The van der Waals surface area contributed by atoms with Crippen LogP contribution in [0.2, 0.25) is 0 Å². The molecule has 0 bridgehead atoms. The Kier molecular flexibility index (Phi) is 64.0. The van der Waals surface area contributed by atoms with E-state index in [9.17, 15) is 43.2 Å². The van der Waals surface area contributed by atoms with E-state index in [1.165, 1.54) is 193 Å². The zero-order chi connectivity index (χ0) is 67.0. The number of rotatable bonds is 72. The fraction of sp³-hybridized carbons (Fsp3) is 0.944. The Balaban J connectivity index is 5.19. The van der Waals surface area contributed by atoms with Crippen molar-refractivity contribution in [2.75, 3.05) is 39.6 Å². The number of carbonyl (C=O) groups excluding carboxylic acids is 4. The van der Waals surface area contributed by atoms with Crippen LogP contribution in [0, 0.1) is 5.92 Å². The zero-order valence-corrected chi connectivity index (χ0v) is 60.8. The largest absolute Gasteiger partial charge is 0.472 e. The standard InChI is InChI=1S/C72H140O17P2/c1-6-10-13-16-19-22-24-25-26-27-28-29-30-31-32-38-43-48-53-58-72(77)89-68(62-83-70(75)56-51-46-41-37-34-33-35-39-44-49-54-65(5)9-4)64-87-91(80,81)85-60-66(73)59-84-90(78,79)86-63-67(61-82-69(74)55-50-45-40-21-18-15-12-8-3)88-71(76)57-52-47-42-36-23-20-17-14-11-7-2/h65-68,73H,6-64H2,1-5H3,(H,78,79)(H,80,81)/t65?,66-,67+,68+/m0/s1. The first kappa shape index (κ1) is 89.1. The van der Waals surface area contributed by atoms with Crippen LogP contribution >= 0.6 is 15.6 Å². The van der Waals surface area contributed by atoms with Gasteiger partial charge in [0.15, 0.2) is 12.2 Å². The van der Waals surface area contributed by atoms with E-state index >= 15 is 0 Å². The topological polar surface area (TPSA) is 237 Å². The maximum Gasteiger partial charge on any atom is 0.472 e. The van der Waals surface area contributed by atoms with Gasteiger partial charge in [-0.05, 0) is 31.6 Å². The maximum atomic E-state index is 13.0. The van der Waals surface area contributed by atoms with Crippen LogP contribution < -0.4 is 0 Å². The van der Waals surface area contributed by atoms with Crippen LogP contribution in [0.5, 0.6) is 0 Å². The summed E-state index contributed by atoms with van der Waals surface area (Å²) in [5.41, 5.74) is 0. The summed E-state index contributed by atoms with van der Waals surface area (Å²) in [6.45, 7) is 7.25. The molecule has 0 aliphatic carbocycles. The van der Waals surface area contributed by atoms with Gasteiger partial charge in [0.2, 0.25) is 0 Å². The summed E-state index contributed by atoms with van der Waals surface area (Å²) in [5.74, 6) is -1.31. The zero-order valence-electron chi connectivity index (χ0n) is 59.0. The lowest BCUT2D eigenvalue weighted by molar-refractivity contribution is -0.161. The van der Waals surface area contributed by atoms with E-state index in [0.717, 1.165) is 102 Å². The lowest BCUT2D eigenvalue weighted by Crippen LogP contribution is -2.30. The van der Waals surface area contributed by atoms with Crippen LogP contribution in [0.25, 0.3) is 0 Å². The van der Waals surface area contributed by atoms with Gasteiger partial charge in [0.05, 0.1) is 26.4 Å². The molecule has 0 aliphatic heterocycles. The summed E-state index contributed by atoms with van der Waals surface area (Å²) < 4.78 is 68.3. The van der Waals surface area contributed by atoms with Crippen molar-refractivity contribution >= 4 is 39.5 Å². The average Bonchev–Trinajstić information content (AvgIpc) is 3.70. The highest BCUT2D eigenvalue weighted by Gasteiger charge is 2.30. The molecule has 0 amide bonds. The summed E-state index contributed by atoms with van der Waals surface area (Å²) in [7, 11) is -9.90. The van der Waals surface area contributed by atoms with Crippen molar-refractivity contribution in [3.05, 3.63) is 0 Å². The van der Waals surface area contributed by atoms with Gasteiger partial charge in [-0.15, -0.1) is 0 Å². The van der Waals surface area contributed by atoms with E-state index in [1.807, 2.05) is 0 Å². The molecule has 540 valence electrons. The second-order valence-electron chi connectivity index (χ2n) is 26.2. The number of aliphatic hydroxyl groups is 1. The Morgan fingerprint density at radius 1 is 0.308 bits per heavy atom. The molecule has 0 saturated heterocycles. The van der Waals surface area contributed by atoms with Crippen molar-refractivity contribution in [1.82, 2.24) is 0 Å². The van der Waals surface area contributed by atoms with Gasteiger partial charge in [-0.1, -0.05) is 324 Å². The first-order chi connectivity index (χ1) is 44.1. The lowest BCUT2D eigenvalue weighted by Gasteiger charge is -2.21. The minimum Gasteiger partial charge on any atom is -0.462 e. The molecule has 19 heteroatoms. The van der Waals surface area contributed by atoms with E-state index in [2.05, 4.69) is 34.6 Å². The van der Waals surface area contributed by atoms with Crippen molar-refractivity contribution < 1.29 is 80.2 Å². The minimum atomic E-state index is -4.95. The van der Waals surface area contributed by atoms with Gasteiger partial charge in [-0.3, -0.25) is 37.3 Å². The van der Waals surface area contributed by atoms with E-state index in [-0.39, 0.29) is 25.7 Å². The Bertz CT molecular complexity index is 1760. The van der Waals surface area contributed by atoms with Crippen LogP contribution in [-0.2, 0) is 65.4 Å². The minimum absolute atomic E-state index is 0.106. The second kappa shape index (κ2) is 65.4. The van der Waals surface area contributed by atoms with Gasteiger partial charge >= 0.3 is 39.5 Å². The van der Waals surface area contributed by atoms with Gasteiger partial charge in [0.1, 0.15) is 19.3 Å². The molecule has 17 nitrogen and oxygen atoms in total. The fourth-order valence-electron chi connectivity index (χ4n) is 11.0. The van der Waals surface area contributed by atoms with Crippen LogP contribution in [0.4, 0.5) is 0 Å². The molecule has 6 atom stereocenters. The summed E-state index contributed by atoms with van der Waals surface area (Å²) in [6, 6.07) is 0. The highest BCUT2D eigenvalue weighted by molar-refractivity contribution is 7.47. The summed E-state index contributed by atoms with van der Waals surface area (Å²) in [4.78, 5) is 72.5. The second-order valence-corrected chi connectivity index (χ2v) is 29.1. The number of ether oxygens (including phenoxy) is 4. The van der Waals surface area contributed by atoms with Crippen molar-refractivity contribution in [1.29, 1.82) is 0 Å². The molecule has 0 spiro atoms. The van der Waals surface area contributed by atoms with E-state index < -0.39 is 97.5 Å². The molecule has 3 N–H and O–H groups in total. The molecule has 3 unspecified atom stereocenters.